The number of rotatable bonds is 5. The van der Waals surface area contributed by atoms with Crippen LogP contribution in [0.4, 0.5) is 5.69 Å². The number of ether oxygens (including phenoxy) is 1. The second-order valence-corrected chi connectivity index (χ2v) is 8.09. The summed E-state index contributed by atoms with van der Waals surface area (Å²) in [6, 6.07) is 20.6. The quantitative estimate of drug-likeness (QED) is 0.421. The number of hydrogen-bond acceptors (Lipinski definition) is 3. The van der Waals surface area contributed by atoms with Gasteiger partial charge in [-0.05, 0) is 53.8 Å². The van der Waals surface area contributed by atoms with Gasteiger partial charge in [-0.2, -0.15) is 0 Å². The van der Waals surface area contributed by atoms with Crippen molar-refractivity contribution in [3.8, 4) is 22.6 Å². The van der Waals surface area contributed by atoms with Gasteiger partial charge >= 0.3 is 0 Å². The van der Waals surface area contributed by atoms with E-state index in [1.54, 1.807) is 18.3 Å². The zero-order chi connectivity index (χ0) is 22.2. The van der Waals surface area contributed by atoms with E-state index in [9.17, 15) is 4.79 Å². The van der Waals surface area contributed by atoms with Gasteiger partial charge < -0.3 is 14.2 Å². The van der Waals surface area contributed by atoms with Gasteiger partial charge in [0.05, 0.1) is 31.4 Å². The molecule has 0 unspecified atom stereocenters. The Morgan fingerprint density at radius 3 is 2.47 bits per heavy atom. The molecule has 5 rings (SSSR count). The molecule has 4 aromatic rings. The number of benzene rings is 3. The minimum absolute atomic E-state index is 0.0142. The minimum atomic E-state index is 0.0142. The predicted octanol–water partition coefficient (Wildman–Crippen LogP) is 5.58. The third kappa shape index (κ3) is 3.46. The van der Waals surface area contributed by atoms with Gasteiger partial charge in [0.15, 0.2) is 0 Å². The van der Waals surface area contributed by atoms with Crippen LogP contribution in [0.5, 0.6) is 5.75 Å². The average Bonchev–Trinajstić information content (AvgIpc) is 3.41. The van der Waals surface area contributed by atoms with Crippen LogP contribution in [0.15, 0.2) is 73.2 Å². The molecule has 160 valence electrons. The molecule has 0 aliphatic carbocycles. The van der Waals surface area contributed by atoms with E-state index in [1.165, 1.54) is 5.56 Å². The van der Waals surface area contributed by atoms with Crippen molar-refractivity contribution in [2.24, 2.45) is 0 Å². The Morgan fingerprint density at radius 1 is 1.00 bits per heavy atom. The minimum Gasteiger partial charge on any atom is -0.494 e. The molecule has 0 radical (unpaired) electrons. The number of carbonyl (C=O) groups excluding carboxylic acids is 1. The SMILES string of the molecule is CCc1ccc(-c2ccc3c(c2)C(=O)N(c2ccc(-n4cnc(C)c4)c(OC)c2)C3)cc1. The van der Waals surface area contributed by atoms with Gasteiger partial charge in [-0.1, -0.05) is 43.3 Å². The summed E-state index contributed by atoms with van der Waals surface area (Å²) < 4.78 is 7.56. The number of amides is 1. The summed E-state index contributed by atoms with van der Waals surface area (Å²) in [5.74, 6) is 0.709. The second kappa shape index (κ2) is 8.00. The first-order valence-corrected chi connectivity index (χ1v) is 10.8. The standard InChI is InChI=1S/C27H25N3O2/c1-4-19-5-7-20(8-6-19)21-9-10-22-16-30(27(31)24(22)13-21)23-11-12-25(26(14-23)32-3)29-15-18(2)28-17-29/h5-15,17H,4,16H2,1-3H3. The Morgan fingerprint density at radius 2 is 1.78 bits per heavy atom. The lowest BCUT2D eigenvalue weighted by Crippen LogP contribution is -2.23. The fourth-order valence-corrected chi connectivity index (χ4v) is 4.22. The van der Waals surface area contributed by atoms with Crippen molar-refractivity contribution in [1.82, 2.24) is 9.55 Å². The van der Waals surface area contributed by atoms with Crippen molar-refractivity contribution in [2.45, 2.75) is 26.8 Å². The van der Waals surface area contributed by atoms with Crippen LogP contribution in [-0.2, 0) is 13.0 Å². The molecule has 1 amide bonds. The Bertz CT molecular complexity index is 1300. The highest BCUT2D eigenvalue weighted by Gasteiger charge is 2.29. The van der Waals surface area contributed by atoms with Crippen LogP contribution >= 0.6 is 0 Å². The maximum atomic E-state index is 13.3. The van der Waals surface area contributed by atoms with E-state index in [-0.39, 0.29) is 5.91 Å². The third-order valence-corrected chi connectivity index (χ3v) is 6.07. The molecule has 0 N–H and O–H groups in total. The molecule has 1 aromatic heterocycles. The number of aromatic nitrogens is 2. The number of hydrogen-bond donors (Lipinski definition) is 0. The molecule has 5 heteroatoms. The van der Waals surface area contributed by atoms with E-state index in [1.807, 2.05) is 42.0 Å². The molecule has 0 saturated carbocycles. The summed E-state index contributed by atoms with van der Waals surface area (Å²) in [5.41, 5.74) is 7.92. The molecule has 2 heterocycles. The van der Waals surface area contributed by atoms with Crippen molar-refractivity contribution in [2.75, 3.05) is 12.0 Å². The monoisotopic (exact) mass is 423 g/mol. The topological polar surface area (TPSA) is 47.4 Å². The van der Waals surface area contributed by atoms with Gasteiger partial charge in [0.2, 0.25) is 0 Å². The van der Waals surface area contributed by atoms with Gasteiger partial charge in [-0.25, -0.2) is 4.98 Å². The maximum Gasteiger partial charge on any atom is 0.258 e. The molecule has 0 spiro atoms. The van der Waals surface area contributed by atoms with Gasteiger partial charge in [0, 0.05) is 23.5 Å². The van der Waals surface area contributed by atoms with E-state index in [2.05, 4.69) is 48.3 Å². The van der Waals surface area contributed by atoms with Crippen LogP contribution < -0.4 is 9.64 Å². The lowest BCUT2D eigenvalue weighted by Gasteiger charge is -2.18. The molecule has 0 fully saturated rings. The average molecular weight is 424 g/mol. The van der Waals surface area contributed by atoms with Crippen LogP contribution in [0.25, 0.3) is 16.8 Å². The van der Waals surface area contributed by atoms with Crippen LogP contribution in [0, 0.1) is 6.92 Å². The Balaban J connectivity index is 1.45. The number of aryl methyl sites for hydroxylation is 2. The fourth-order valence-electron chi connectivity index (χ4n) is 4.22. The van der Waals surface area contributed by atoms with Crippen LogP contribution in [0.3, 0.4) is 0 Å². The summed E-state index contributed by atoms with van der Waals surface area (Å²) in [6.45, 7) is 4.65. The van der Waals surface area contributed by atoms with Crippen molar-refractivity contribution >= 4 is 11.6 Å². The third-order valence-electron chi connectivity index (χ3n) is 6.07. The Kier molecular flexibility index (Phi) is 5.02. The molecule has 32 heavy (non-hydrogen) atoms. The van der Waals surface area contributed by atoms with Crippen molar-refractivity contribution in [1.29, 1.82) is 0 Å². The molecule has 1 aliphatic heterocycles. The first-order chi connectivity index (χ1) is 15.6. The molecule has 5 nitrogen and oxygen atoms in total. The Hall–Kier alpha value is -3.86. The number of anilines is 1. The lowest BCUT2D eigenvalue weighted by atomic mass is 9.99. The summed E-state index contributed by atoms with van der Waals surface area (Å²) in [4.78, 5) is 19.4. The molecule has 0 atom stereocenters. The van der Waals surface area contributed by atoms with Gasteiger partial charge in [-0.3, -0.25) is 4.79 Å². The lowest BCUT2D eigenvalue weighted by molar-refractivity contribution is 0.0996. The number of methoxy groups -OCH3 is 1. The van der Waals surface area contributed by atoms with Crippen molar-refractivity contribution in [3.63, 3.8) is 0 Å². The molecule has 0 bridgehead atoms. The second-order valence-electron chi connectivity index (χ2n) is 8.09. The summed E-state index contributed by atoms with van der Waals surface area (Å²) >= 11 is 0. The molecule has 1 aliphatic rings. The number of nitrogens with zero attached hydrogens (tertiary/aromatic N) is 3. The van der Waals surface area contributed by atoms with Gasteiger partial charge in [0.1, 0.15) is 5.75 Å². The predicted molar refractivity (Wildman–Crippen MR) is 127 cm³/mol. The highest BCUT2D eigenvalue weighted by molar-refractivity contribution is 6.10. The van der Waals surface area contributed by atoms with Crippen LogP contribution in [-0.4, -0.2) is 22.6 Å². The van der Waals surface area contributed by atoms with Crippen LogP contribution in [0.2, 0.25) is 0 Å². The van der Waals surface area contributed by atoms with E-state index in [0.29, 0.717) is 12.3 Å². The largest absolute Gasteiger partial charge is 0.494 e. The molecule has 0 saturated heterocycles. The van der Waals surface area contributed by atoms with Crippen LogP contribution in [0.1, 0.15) is 34.1 Å². The van der Waals surface area contributed by atoms with Crippen molar-refractivity contribution < 1.29 is 9.53 Å². The summed E-state index contributed by atoms with van der Waals surface area (Å²) in [7, 11) is 1.64. The van der Waals surface area contributed by atoms with Gasteiger partial charge in [0.25, 0.3) is 5.91 Å². The maximum absolute atomic E-state index is 13.3. The van der Waals surface area contributed by atoms with E-state index in [4.69, 9.17) is 4.74 Å². The van der Waals surface area contributed by atoms with Gasteiger partial charge in [-0.15, -0.1) is 0 Å². The normalized spacial score (nSPS) is 12.8. The fraction of sp³-hybridized carbons (Fsp3) is 0.185. The van der Waals surface area contributed by atoms with E-state index >= 15 is 0 Å². The molecular weight excluding hydrogens is 398 g/mol. The highest BCUT2D eigenvalue weighted by atomic mass is 16.5. The zero-order valence-electron chi connectivity index (χ0n) is 18.5. The number of fused-ring (bicyclic) bond motifs is 1. The summed E-state index contributed by atoms with van der Waals surface area (Å²) in [5, 5.41) is 0. The van der Waals surface area contributed by atoms with E-state index in [0.717, 1.165) is 45.7 Å². The molecular formula is C27H25N3O2. The van der Waals surface area contributed by atoms with Crippen molar-refractivity contribution in [3.05, 3.63) is 95.6 Å². The zero-order valence-corrected chi connectivity index (χ0v) is 18.5. The Labute approximate surface area is 187 Å². The first kappa shape index (κ1) is 20.1. The smallest absolute Gasteiger partial charge is 0.258 e. The first-order valence-electron chi connectivity index (χ1n) is 10.8. The molecule has 3 aromatic carbocycles. The number of imidazole rings is 1. The number of carbonyl (C=O) groups is 1. The highest BCUT2D eigenvalue weighted by Crippen LogP contribution is 2.35. The summed E-state index contributed by atoms with van der Waals surface area (Å²) in [6.07, 6.45) is 4.72. The van der Waals surface area contributed by atoms with E-state index < -0.39 is 0 Å².